The van der Waals surface area contributed by atoms with E-state index in [2.05, 4.69) is 4.90 Å². The van der Waals surface area contributed by atoms with Crippen LogP contribution < -0.4 is 0 Å². The zero-order valence-electron chi connectivity index (χ0n) is 14.4. The van der Waals surface area contributed by atoms with Crippen molar-refractivity contribution in [3.8, 4) is 0 Å². The van der Waals surface area contributed by atoms with Gasteiger partial charge in [-0.1, -0.05) is 13.8 Å². The summed E-state index contributed by atoms with van der Waals surface area (Å²) in [6, 6.07) is 0. The Morgan fingerprint density at radius 3 is 2.61 bits per heavy atom. The van der Waals surface area contributed by atoms with Crippen LogP contribution in [0, 0.1) is 5.92 Å². The second kappa shape index (κ2) is 8.44. The Hall–Kier alpha value is -0.660. The lowest BCUT2D eigenvalue weighted by molar-refractivity contribution is -0.128. The second-order valence-corrected chi connectivity index (χ2v) is 9.23. The number of hydrogen-bond donors (Lipinski definition) is 0. The lowest BCUT2D eigenvalue weighted by atomic mass is 10.2. The summed E-state index contributed by atoms with van der Waals surface area (Å²) in [6.07, 6.45) is 3.47. The van der Waals surface area contributed by atoms with Crippen LogP contribution in [0.1, 0.15) is 33.1 Å². The molecule has 0 unspecified atom stereocenters. The highest BCUT2D eigenvalue weighted by Gasteiger charge is 2.26. The molecule has 2 rings (SSSR count). The van der Waals surface area contributed by atoms with Crippen molar-refractivity contribution in [3.63, 3.8) is 0 Å². The van der Waals surface area contributed by atoms with E-state index in [9.17, 15) is 13.2 Å². The molecule has 0 N–H and O–H groups in total. The summed E-state index contributed by atoms with van der Waals surface area (Å²) < 4.78 is 29.7. The van der Waals surface area contributed by atoms with Crippen LogP contribution in [0.15, 0.2) is 0 Å². The predicted molar refractivity (Wildman–Crippen MR) is 90.1 cm³/mol. The molecule has 0 spiro atoms. The van der Waals surface area contributed by atoms with Gasteiger partial charge in [-0.15, -0.1) is 0 Å². The van der Waals surface area contributed by atoms with Crippen LogP contribution in [-0.4, -0.2) is 81.1 Å². The molecule has 0 aromatic rings. The van der Waals surface area contributed by atoms with Gasteiger partial charge in [0.25, 0.3) is 0 Å². The van der Waals surface area contributed by atoms with Gasteiger partial charge in [0.1, 0.15) is 5.75 Å². The first-order valence-corrected chi connectivity index (χ1v) is 10.5. The van der Waals surface area contributed by atoms with Crippen LogP contribution in [0.2, 0.25) is 0 Å². The zero-order chi connectivity index (χ0) is 16.9. The summed E-state index contributed by atoms with van der Waals surface area (Å²) in [7, 11) is -3.30. The fraction of sp³-hybridized carbons (Fsp3) is 0.938. The van der Waals surface area contributed by atoms with Gasteiger partial charge in [-0.05, 0) is 31.7 Å². The van der Waals surface area contributed by atoms with Crippen LogP contribution in [-0.2, 0) is 19.4 Å². The molecule has 6 nitrogen and oxygen atoms in total. The van der Waals surface area contributed by atoms with Gasteiger partial charge >= 0.3 is 0 Å². The highest BCUT2D eigenvalue weighted by molar-refractivity contribution is 7.92. The van der Waals surface area contributed by atoms with E-state index in [1.807, 2.05) is 13.8 Å². The third-order valence-electron chi connectivity index (χ3n) is 4.36. The molecular formula is C16H30N2O4S. The molecular weight excluding hydrogens is 316 g/mol. The van der Waals surface area contributed by atoms with Gasteiger partial charge in [-0.3, -0.25) is 9.69 Å². The van der Waals surface area contributed by atoms with Crippen molar-refractivity contribution in [3.05, 3.63) is 0 Å². The number of carbonyl (C=O) groups excluding carboxylic acids is 1. The molecule has 134 valence electrons. The molecule has 0 aromatic heterocycles. The lowest BCUT2D eigenvalue weighted by Gasteiger charge is -2.24. The zero-order valence-corrected chi connectivity index (χ0v) is 15.2. The van der Waals surface area contributed by atoms with Gasteiger partial charge in [0.15, 0.2) is 9.84 Å². The summed E-state index contributed by atoms with van der Waals surface area (Å²) in [5.41, 5.74) is 0. The van der Waals surface area contributed by atoms with E-state index >= 15 is 0 Å². The van der Waals surface area contributed by atoms with Gasteiger partial charge in [-0.25, -0.2) is 8.42 Å². The van der Waals surface area contributed by atoms with E-state index in [1.54, 1.807) is 4.90 Å². The Balaban J connectivity index is 1.81. The maximum Gasteiger partial charge on any atom is 0.237 e. The van der Waals surface area contributed by atoms with Crippen molar-refractivity contribution in [1.29, 1.82) is 0 Å². The van der Waals surface area contributed by atoms with Crippen molar-refractivity contribution in [2.75, 3.05) is 50.8 Å². The number of amides is 1. The van der Waals surface area contributed by atoms with Crippen molar-refractivity contribution in [1.82, 2.24) is 9.80 Å². The number of ether oxygens (including phenoxy) is 1. The fourth-order valence-corrected chi connectivity index (χ4v) is 5.02. The predicted octanol–water partition coefficient (Wildman–Crippen LogP) is 0.771. The molecule has 2 aliphatic rings. The van der Waals surface area contributed by atoms with Crippen molar-refractivity contribution in [2.24, 2.45) is 5.92 Å². The smallest absolute Gasteiger partial charge is 0.237 e. The molecule has 1 atom stereocenters. The summed E-state index contributed by atoms with van der Waals surface area (Å²) in [5, 5.41) is 0. The minimum absolute atomic E-state index is 0.0545. The Morgan fingerprint density at radius 1 is 1.17 bits per heavy atom. The standard InChI is InChI=1S/C16H30N2O4S/c1-14(2)12-23(20,21)13-16(19)18-7-4-6-17(8-9-18)11-15-5-3-10-22-15/h14-15H,3-13H2,1-2H3/t15-/m0/s1. The number of nitrogens with zero attached hydrogens (tertiary/aromatic N) is 2. The quantitative estimate of drug-likeness (QED) is 0.711. The van der Waals surface area contributed by atoms with Crippen molar-refractivity contribution in [2.45, 2.75) is 39.2 Å². The minimum atomic E-state index is -3.30. The topological polar surface area (TPSA) is 66.9 Å². The van der Waals surface area contributed by atoms with E-state index < -0.39 is 9.84 Å². The average Bonchev–Trinajstić information content (AvgIpc) is 2.81. The lowest BCUT2D eigenvalue weighted by Crippen LogP contribution is -2.40. The van der Waals surface area contributed by atoms with Crippen LogP contribution in [0.4, 0.5) is 0 Å². The molecule has 7 heteroatoms. The van der Waals surface area contributed by atoms with Gasteiger partial charge in [0, 0.05) is 32.8 Å². The average molecular weight is 346 g/mol. The third-order valence-corrected chi connectivity index (χ3v) is 6.22. The van der Waals surface area contributed by atoms with Crippen LogP contribution in [0.25, 0.3) is 0 Å². The van der Waals surface area contributed by atoms with Crippen LogP contribution >= 0.6 is 0 Å². The Labute approximate surface area is 140 Å². The highest BCUT2D eigenvalue weighted by atomic mass is 32.2. The van der Waals surface area contributed by atoms with Gasteiger partial charge in [0.2, 0.25) is 5.91 Å². The molecule has 0 aromatic carbocycles. The molecule has 2 aliphatic heterocycles. The van der Waals surface area contributed by atoms with E-state index in [-0.39, 0.29) is 23.3 Å². The molecule has 1 amide bonds. The Morgan fingerprint density at radius 2 is 1.96 bits per heavy atom. The summed E-state index contributed by atoms with van der Waals surface area (Å²) in [5.74, 6) is -0.460. The second-order valence-electron chi connectivity index (χ2n) is 7.12. The largest absolute Gasteiger partial charge is 0.377 e. The van der Waals surface area contributed by atoms with E-state index in [0.29, 0.717) is 19.2 Å². The highest BCUT2D eigenvalue weighted by Crippen LogP contribution is 2.15. The maximum absolute atomic E-state index is 12.3. The fourth-order valence-electron chi connectivity index (χ4n) is 3.33. The molecule has 2 fully saturated rings. The van der Waals surface area contributed by atoms with Gasteiger partial charge in [-0.2, -0.15) is 0 Å². The SMILES string of the molecule is CC(C)CS(=O)(=O)CC(=O)N1CCCN(C[C@@H]2CCCO2)CC1. The molecule has 2 heterocycles. The molecule has 0 radical (unpaired) electrons. The summed E-state index contributed by atoms with van der Waals surface area (Å²) >= 11 is 0. The first-order chi connectivity index (χ1) is 10.9. The van der Waals surface area contributed by atoms with Crippen molar-refractivity contribution >= 4 is 15.7 Å². The molecule has 0 aliphatic carbocycles. The number of sulfone groups is 1. The first kappa shape index (κ1) is 18.7. The number of carbonyl (C=O) groups is 1. The summed E-state index contributed by atoms with van der Waals surface area (Å²) in [6.45, 7) is 8.51. The van der Waals surface area contributed by atoms with E-state index in [0.717, 1.165) is 45.5 Å². The Bertz CT molecular complexity index is 486. The van der Waals surface area contributed by atoms with Gasteiger partial charge in [0.05, 0.1) is 11.9 Å². The minimum Gasteiger partial charge on any atom is -0.377 e. The maximum atomic E-state index is 12.3. The molecule has 0 saturated carbocycles. The van der Waals surface area contributed by atoms with Crippen LogP contribution in [0.5, 0.6) is 0 Å². The summed E-state index contributed by atoms with van der Waals surface area (Å²) in [4.78, 5) is 16.4. The Kier molecular flexibility index (Phi) is 6.85. The van der Waals surface area contributed by atoms with E-state index in [4.69, 9.17) is 4.74 Å². The van der Waals surface area contributed by atoms with Gasteiger partial charge < -0.3 is 9.64 Å². The molecule has 0 bridgehead atoms. The normalized spacial score (nSPS) is 24.1. The molecule has 2 saturated heterocycles. The third kappa shape index (κ3) is 6.39. The van der Waals surface area contributed by atoms with Crippen LogP contribution in [0.3, 0.4) is 0 Å². The monoisotopic (exact) mass is 346 g/mol. The van der Waals surface area contributed by atoms with Crippen molar-refractivity contribution < 1.29 is 17.9 Å². The number of hydrogen-bond acceptors (Lipinski definition) is 5. The number of rotatable bonds is 6. The first-order valence-electron chi connectivity index (χ1n) is 8.68. The molecule has 23 heavy (non-hydrogen) atoms. The van der Waals surface area contributed by atoms with E-state index in [1.165, 1.54) is 0 Å².